The van der Waals surface area contributed by atoms with Gasteiger partial charge in [-0.2, -0.15) is 5.10 Å². The third-order valence-corrected chi connectivity index (χ3v) is 4.97. The Morgan fingerprint density at radius 2 is 2.10 bits per heavy atom. The molecule has 2 atom stereocenters. The first-order valence-electron chi connectivity index (χ1n) is 8.41. The molecule has 0 saturated heterocycles. The molecule has 2 rings (SSSR count). The molecule has 2 unspecified atom stereocenters. The van der Waals surface area contributed by atoms with Crippen molar-refractivity contribution in [1.29, 1.82) is 0 Å². The lowest BCUT2D eigenvalue weighted by Crippen LogP contribution is -2.45. The summed E-state index contributed by atoms with van der Waals surface area (Å²) in [6.45, 7) is 2.15. The van der Waals surface area contributed by atoms with Crippen LogP contribution in [0.4, 0.5) is 0 Å². The molecule has 4 nitrogen and oxygen atoms in total. The Morgan fingerprint density at radius 1 is 1.38 bits per heavy atom. The number of rotatable bonds is 7. The molecular weight excluding hydrogens is 262 g/mol. The molecule has 1 aliphatic rings. The van der Waals surface area contributed by atoms with Crippen LogP contribution in [0.15, 0.2) is 6.07 Å². The van der Waals surface area contributed by atoms with E-state index < -0.39 is 0 Å². The maximum atomic E-state index is 5.90. The highest BCUT2D eigenvalue weighted by atomic mass is 16.5. The Kier molecular flexibility index (Phi) is 6.24. The zero-order valence-corrected chi connectivity index (χ0v) is 14.1. The van der Waals surface area contributed by atoms with Gasteiger partial charge in [0.2, 0.25) is 0 Å². The number of methoxy groups -OCH3 is 1. The molecule has 1 saturated carbocycles. The summed E-state index contributed by atoms with van der Waals surface area (Å²) in [6.07, 6.45) is 8.99. The van der Waals surface area contributed by atoms with Gasteiger partial charge >= 0.3 is 0 Å². The van der Waals surface area contributed by atoms with E-state index in [-0.39, 0.29) is 0 Å². The van der Waals surface area contributed by atoms with E-state index in [2.05, 4.69) is 30.5 Å². The van der Waals surface area contributed by atoms with Crippen LogP contribution in [0.3, 0.4) is 0 Å². The number of ether oxygens (including phenoxy) is 1. The van der Waals surface area contributed by atoms with Crippen LogP contribution in [-0.4, -0.2) is 36.1 Å². The predicted octanol–water partition coefficient (Wildman–Crippen LogP) is 2.71. The highest BCUT2D eigenvalue weighted by Crippen LogP contribution is 2.30. The average Bonchev–Trinajstić information content (AvgIpc) is 2.88. The highest BCUT2D eigenvalue weighted by Gasteiger charge is 2.30. The first-order chi connectivity index (χ1) is 10.2. The summed E-state index contributed by atoms with van der Waals surface area (Å²) in [5, 5.41) is 8.05. The average molecular weight is 293 g/mol. The molecule has 0 amide bonds. The molecule has 0 aromatic carbocycles. The molecule has 120 valence electrons. The van der Waals surface area contributed by atoms with E-state index in [0.29, 0.717) is 18.1 Å². The molecular formula is C17H31N3O. The van der Waals surface area contributed by atoms with Gasteiger partial charge in [-0.15, -0.1) is 0 Å². The van der Waals surface area contributed by atoms with Gasteiger partial charge in [0, 0.05) is 32.3 Å². The predicted molar refractivity (Wildman–Crippen MR) is 86.5 cm³/mol. The van der Waals surface area contributed by atoms with Crippen LogP contribution in [0.2, 0.25) is 0 Å². The van der Waals surface area contributed by atoms with E-state index in [9.17, 15) is 0 Å². The van der Waals surface area contributed by atoms with E-state index in [4.69, 9.17) is 4.74 Å². The molecule has 1 N–H and O–H groups in total. The van der Waals surface area contributed by atoms with E-state index in [1.807, 2.05) is 18.8 Å². The van der Waals surface area contributed by atoms with E-state index >= 15 is 0 Å². The Bertz CT molecular complexity index is 424. The number of aryl methyl sites for hydroxylation is 2. The second-order valence-electron chi connectivity index (χ2n) is 6.30. The maximum Gasteiger partial charge on any atom is 0.0756 e. The molecule has 4 heteroatoms. The van der Waals surface area contributed by atoms with Crippen LogP contribution in [0, 0.1) is 5.92 Å². The summed E-state index contributed by atoms with van der Waals surface area (Å²) in [6, 6.07) is 2.59. The number of hydrogen-bond acceptors (Lipinski definition) is 3. The van der Waals surface area contributed by atoms with Crippen LogP contribution in [0.25, 0.3) is 0 Å². The molecule has 0 aliphatic heterocycles. The summed E-state index contributed by atoms with van der Waals surface area (Å²) in [5.74, 6) is 0.695. The molecule has 1 aromatic rings. The lowest BCUT2D eigenvalue weighted by Gasteiger charge is -2.34. The van der Waals surface area contributed by atoms with Gasteiger partial charge in [0.1, 0.15) is 0 Å². The van der Waals surface area contributed by atoms with Crippen LogP contribution in [-0.2, 0) is 24.6 Å². The van der Waals surface area contributed by atoms with E-state index in [1.165, 1.54) is 43.5 Å². The largest absolute Gasteiger partial charge is 0.380 e. The molecule has 0 spiro atoms. The van der Waals surface area contributed by atoms with Crippen LogP contribution in [0.5, 0.6) is 0 Å². The Hall–Kier alpha value is -0.870. The van der Waals surface area contributed by atoms with Gasteiger partial charge in [0.25, 0.3) is 0 Å². The number of aromatic nitrogens is 2. The van der Waals surface area contributed by atoms with Crippen LogP contribution >= 0.6 is 0 Å². The Morgan fingerprint density at radius 3 is 2.62 bits per heavy atom. The second-order valence-corrected chi connectivity index (χ2v) is 6.30. The number of hydrogen-bond donors (Lipinski definition) is 1. The number of nitrogens with zero attached hydrogens (tertiary/aromatic N) is 2. The first kappa shape index (κ1) is 16.5. The van der Waals surface area contributed by atoms with Crippen molar-refractivity contribution in [3.05, 3.63) is 17.5 Å². The summed E-state index contributed by atoms with van der Waals surface area (Å²) in [4.78, 5) is 0. The molecule has 1 aromatic heterocycles. The lowest BCUT2D eigenvalue weighted by molar-refractivity contribution is 0.00974. The minimum atomic E-state index is 0.301. The van der Waals surface area contributed by atoms with Crippen molar-refractivity contribution < 1.29 is 4.74 Å². The van der Waals surface area contributed by atoms with Gasteiger partial charge in [-0.05, 0) is 38.3 Å². The SMILES string of the molecule is CCc1cc(CC(NC)C(OC)C2CCCCC2)n(C)n1. The number of likely N-dealkylation sites (N-methyl/N-ethyl adjacent to an activating group) is 1. The summed E-state index contributed by atoms with van der Waals surface area (Å²) >= 11 is 0. The molecule has 1 aliphatic carbocycles. The molecule has 0 radical (unpaired) electrons. The zero-order valence-electron chi connectivity index (χ0n) is 14.1. The third kappa shape index (κ3) is 4.07. The van der Waals surface area contributed by atoms with Gasteiger partial charge in [-0.1, -0.05) is 26.2 Å². The fraction of sp³-hybridized carbons (Fsp3) is 0.824. The molecule has 1 heterocycles. The minimum absolute atomic E-state index is 0.301. The van der Waals surface area contributed by atoms with Crippen molar-refractivity contribution >= 4 is 0 Å². The van der Waals surface area contributed by atoms with E-state index in [1.54, 1.807) is 0 Å². The highest BCUT2D eigenvalue weighted by molar-refractivity contribution is 5.12. The standard InChI is InChI=1S/C17H31N3O/c1-5-14-11-15(20(3)19-14)12-16(18-2)17(21-4)13-9-7-6-8-10-13/h11,13,16-18H,5-10,12H2,1-4H3. The maximum absolute atomic E-state index is 5.90. The van der Waals surface area contributed by atoms with Crippen LogP contribution < -0.4 is 5.32 Å². The van der Waals surface area contributed by atoms with Gasteiger partial charge in [0.15, 0.2) is 0 Å². The summed E-state index contributed by atoms with van der Waals surface area (Å²) in [5.41, 5.74) is 2.47. The fourth-order valence-electron chi connectivity index (χ4n) is 3.69. The van der Waals surface area contributed by atoms with Crippen molar-refractivity contribution in [3.8, 4) is 0 Å². The molecule has 21 heavy (non-hydrogen) atoms. The lowest BCUT2D eigenvalue weighted by atomic mass is 9.81. The van der Waals surface area contributed by atoms with Gasteiger partial charge in [-0.25, -0.2) is 0 Å². The van der Waals surface area contributed by atoms with Gasteiger partial charge in [0.05, 0.1) is 11.8 Å². The van der Waals surface area contributed by atoms with Crippen molar-refractivity contribution in [1.82, 2.24) is 15.1 Å². The third-order valence-electron chi connectivity index (χ3n) is 4.97. The van der Waals surface area contributed by atoms with Gasteiger partial charge < -0.3 is 10.1 Å². The van der Waals surface area contributed by atoms with Crippen molar-refractivity contribution in [2.45, 2.75) is 64.0 Å². The van der Waals surface area contributed by atoms with Gasteiger partial charge in [-0.3, -0.25) is 4.68 Å². The van der Waals surface area contributed by atoms with Crippen molar-refractivity contribution in [3.63, 3.8) is 0 Å². The van der Waals surface area contributed by atoms with Crippen LogP contribution in [0.1, 0.15) is 50.4 Å². The quantitative estimate of drug-likeness (QED) is 0.840. The Balaban J connectivity index is 2.07. The molecule has 0 bridgehead atoms. The van der Waals surface area contributed by atoms with Crippen molar-refractivity contribution in [2.75, 3.05) is 14.2 Å². The minimum Gasteiger partial charge on any atom is -0.380 e. The number of nitrogens with one attached hydrogen (secondary N) is 1. The second kappa shape index (κ2) is 7.95. The topological polar surface area (TPSA) is 39.1 Å². The first-order valence-corrected chi connectivity index (χ1v) is 8.41. The zero-order chi connectivity index (χ0) is 15.2. The monoisotopic (exact) mass is 293 g/mol. The molecule has 1 fully saturated rings. The fourth-order valence-corrected chi connectivity index (χ4v) is 3.69. The van der Waals surface area contributed by atoms with E-state index in [0.717, 1.165) is 12.8 Å². The smallest absolute Gasteiger partial charge is 0.0756 e. The summed E-state index contributed by atoms with van der Waals surface area (Å²) in [7, 11) is 5.96. The Labute approximate surface area is 129 Å². The van der Waals surface area contributed by atoms with Crippen molar-refractivity contribution in [2.24, 2.45) is 13.0 Å². The summed E-state index contributed by atoms with van der Waals surface area (Å²) < 4.78 is 7.92. The normalized spacial score (nSPS) is 19.6.